The fraction of sp³-hybridized carbons (Fsp3) is 0.286. The van der Waals surface area contributed by atoms with E-state index in [4.69, 9.17) is 10.2 Å². The van der Waals surface area contributed by atoms with Crippen LogP contribution in [0.5, 0.6) is 0 Å². The van der Waals surface area contributed by atoms with Gasteiger partial charge in [-0.3, -0.25) is 0 Å². The molecule has 0 atom stereocenters. The number of hydrogen-bond donors (Lipinski definition) is 1. The van der Waals surface area contributed by atoms with E-state index in [0.717, 1.165) is 16.9 Å². The number of halogens is 1. The minimum absolute atomic E-state index is 0.225. The summed E-state index contributed by atoms with van der Waals surface area (Å²) in [6.07, 6.45) is 1.55. The van der Waals surface area contributed by atoms with Gasteiger partial charge in [-0.1, -0.05) is 6.07 Å². The molecule has 7 heteroatoms. The summed E-state index contributed by atoms with van der Waals surface area (Å²) in [5, 5.41) is 0. The van der Waals surface area contributed by atoms with Gasteiger partial charge < -0.3 is 10.2 Å². The number of sulfonamides is 1. The van der Waals surface area contributed by atoms with E-state index in [9.17, 15) is 8.42 Å². The zero-order chi connectivity index (χ0) is 15.6. The van der Waals surface area contributed by atoms with Crippen molar-refractivity contribution in [2.75, 3.05) is 7.05 Å². The number of nitrogens with two attached hydrogens (primary N) is 1. The normalized spacial score (nSPS) is 12.0. The molecule has 0 amide bonds. The Hall–Kier alpha value is -1.15. The molecule has 0 radical (unpaired) electrons. The van der Waals surface area contributed by atoms with Gasteiger partial charge in [0.25, 0.3) is 0 Å². The van der Waals surface area contributed by atoms with Gasteiger partial charge >= 0.3 is 0 Å². The third kappa shape index (κ3) is 3.37. The molecule has 0 spiro atoms. The van der Waals surface area contributed by atoms with E-state index >= 15 is 0 Å². The SMILES string of the molecule is Cc1occc1CN(C)S(=O)(=O)c1ccc(CN)cc1Br. The van der Waals surface area contributed by atoms with Crippen molar-refractivity contribution in [3.8, 4) is 0 Å². The lowest BCUT2D eigenvalue weighted by atomic mass is 10.2. The molecular formula is C14H17BrN2O3S. The highest BCUT2D eigenvalue weighted by atomic mass is 79.9. The van der Waals surface area contributed by atoms with Crippen LogP contribution >= 0.6 is 15.9 Å². The molecule has 114 valence electrons. The zero-order valence-electron chi connectivity index (χ0n) is 11.8. The van der Waals surface area contributed by atoms with Crippen LogP contribution in [0.4, 0.5) is 0 Å². The second-order valence-corrected chi connectivity index (χ2v) is 7.60. The number of furan rings is 1. The minimum atomic E-state index is -3.58. The lowest BCUT2D eigenvalue weighted by molar-refractivity contribution is 0.458. The summed E-state index contributed by atoms with van der Waals surface area (Å²) < 4.78 is 32.3. The van der Waals surface area contributed by atoms with Crippen LogP contribution in [-0.4, -0.2) is 19.8 Å². The smallest absolute Gasteiger partial charge is 0.244 e. The van der Waals surface area contributed by atoms with E-state index in [1.54, 1.807) is 37.6 Å². The third-order valence-electron chi connectivity index (χ3n) is 3.28. The van der Waals surface area contributed by atoms with Gasteiger partial charge in [0.15, 0.2) is 0 Å². The first-order valence-electron chi connectivity index (χ1n) is 6.34. The van der Waals surface area contributed by atoms with Gasteiger partial charge in [-0.2, -0.15) is 4.31 Å². The molecule has 0 unspecified atom stereocenters. The highest BCUT2D eigenvalue weighted by Gasteiger charge is 2.24. The van der Waals surface area contributed by atoms with Crippen LogP contribution in [0.1, 0.15) is 16.9 Å². The number of aryl methyl sites for hydroxylation is 1. The van der Waals surface area contributed by atoms with E-state index in [0.29, 0.717) is 11.0 Å². The van der Waals surface area contributed by atoms with Crippen molar-refractivity contribution >= 4 is 26.0 Å². The van der Waals surface area contributed by atoms with Gasteiger partial charge in [0.1, 0.15) is 5.76 Å². The first-order valence-corrected chi connectivity index (χ1v) is 8.57. The number of hydrogen-bond acceptors (Lipinski definition) is 4. The molecule has 1 heterocycles. The summed E-state index contributed by atoms with van der Waals surface area (Å²) in [7, 11) is -2.04. The number of benzene rings is 1. The van der Waals surface area contributed by atoms with Crippen molar-refractivity contribution in [2.24, 2.45) is 5.73 Å². The number of rotatable bonds is 5. The molecule has 0 aliphatic heterocycles. The van der Waals surface area contributed by atoms with Gasteiger partial charge in [-0.25, -0.2) is 8.42 Å². The molecular weight excluding hydrogens is 356 g/mol. The molecule has 2 aromatic rings. The molecule has 0 bridgehead atoms. The van der Waals surface area contributed by atoms with Crippen molar-refractivity contribution in [2.45, 2.75) is 24.9 Å². The molecule has 0 fully saturated rings. The summed E-state index contributed by atoms with van der Waals surface area (Å²) in [5.41, 5.74) is 7.27. The predicted molar refractivity (Wildman–Crippen MR) is 84.1 cm³/mol. The van der Waals surface area contributed by atoms with Crippen molar-refractivity contribution in [3.63, 3.8) is 0 Å². The van der Waals surface area contributed by atoms with Crippen molar-refractivity contribution in [3.05, 3.63) is 51.9 Å². The predicted octanol–water partition coefficient (Wildman–Crippen LogP) is 2.63. The second kappa shape index (κ2) is 6.31. The maximum atomic E-state index is 12.6. The van der Waals surface area contributed by atoms with Gasteiger partial charge in [0.2, 0.25) is 10.0 Å². The zero-order valence-corrected chi connectivity index (χ0v) is 14.2. The largest absolute Gasteiger partial charge is 0.469 e. The maximum absolute atomic E-state index is 12.6. The molecule has 5 nitrogen and oxygen atoms in total. The van der Waals surface area contributed by atoms with Crippen LogP contribution in [0, 0.1) is 6.92 Å². The van der Waals surface area contributed by atoms with Gasteiger partial charge in [0.05, 0.1) is 11.2 Å². The molecule has 0 aliphatic carbocycles. The molecule has 1 aromatic carbocycles. The lowest BCUT2D eigenvalue weighted by Gasteiger charge is -2.18. The topological polar surface area (TPSA) is 76.5 Å². The molecule has 0 aliphatic rings. The van der Waals surface area contributed by atoms with Crippen LogP contribution in [0.3, 0.4) is 0 Å². The van der Waals surface area contributed by atoms with Crippen LogP contribution in [0.25, 0.3) is 0 Å². The summed E-state index contributed by atoms with van der Waals surface area (Å²) >= 11 is 3.30. The minimum Gasteiger partial charge on any atom is -0.469 e. The summed E-state index contributed by atoms with van der Waals surface area (Å²) in [6.45, 7) is 2.43. The fourth-order valence-electron chi connectivity index (χ4n) is 1.95. The highest BCUT2D eigenvalue weighted by molar-refractivity contribution is 9.10. The van der Waals surface area contributed by atoms with Crippen LogP contribution in [0.15, 0.2) is 44.3 Å². The van der Waals surface area contributed by atoms with E-state index in [2.05, 4.69) is 15.9 Å². The fourth-order valence-corrected chi connectivity index (χ4v) is 4.18. The Morgan fingerprint density at radius 2 is 2.05 bits per heavy atom. The molecule has 1 aromatic heterocycles. The Labute approximate surface area is 132 Å². The Morgan fingerprint density at radius 3 is 2.57 bits per heavy atom. The average molecular weight is 373 g/mol. The standard InChI is InChI=1S/C14H17BrN2O3S/c1-10-12(5-6-20-10)9-17(2)21(18,19)14-4-3-11(8-16)7-13(14)15/h3-7H,8-9,16H2,1-2H3. The first kappa shape index (κ1) is 16.2. The Kier molecular flexibility index (Phi) is 4.88. The van der Waals surface area contributed by atoms with E-state index in [-0.39, 0.29) is 11.4 Å². The van der Waals surface area contributed by atoms with E-state index in [1.807, 2.05) is 6.92 Å². The Morgan fingerprint density at radius 1 is 1.33 bits per heavy atom. The van der Waals surface area contributed by atoms with Crippen molar-refractivity contribution in [1.29, 1.82) is 0 Å². The number of nitrogens with zero attached hydrogens (tertiary/aromatic N) is 1. The Balaban J connectivity index is 2.31. The second-order valence-electron chi connectivity index (χ2n) is 4.73. The van der Waals surface area contributed by atoms with Gasteiger partial charge in [-0.15, -0.1) is 0 Å². The van der Waals surface area contributed by atoms with Gasteiger partial charge in [-0.05, 0) is 46.6 Å². The van der Waals surface area contributed by atoms with Crippen molar-refractivity contribution < 1.29 is 12.8 Å². The average Bonchev–Trinajstić information content (AvgIpc) is 2.83. The quantitative estimate of drug-likeness (QED) is 0.874. The molecule has 0 saturated carbocycles. The highest BCUT2D eigenvalue weighted by Crippen LogP contribution is 2.27. The van der Waals surface area contributed by atoms with E-state index < -0.39 is 10.0 Å². The molecule has 2 rings (SSSR count). The van der Waals surface area contributed by atoms with Crippen LogP contribution in [-0.2, 0) is 23.1 Å². The molecule has 2 N–H and O–H groups in total. The molecule has 0 saturated heterocycles. The van der Waals surface area contributed by atoms with Crippen molar-refractivity contribution in [1.82, 2.24) is 4.31 Å². The Bertz CT molecular complexity index is 740. The summed E-state index contributed by atoms with van der Waals surface area (Å²) in [4.78, 5) is 0.225. The van der Waals surface area contributed by atoms with Crippen LogP contribution < -0.4 is 5.73 Å². The third-order valence-corrected chi connectivity index (χ3v) is 6.06. The van der Waals surface area contributed by atoms with E-state index in [1.165, 1.54) is 4.31 Å². The summed E-state index contributed by atoms with van der Waals surface area (Å²) in [6, 6.07) is 6.78. The van der Waals surface area contributed by atoms with Gasteiger partial charge in [0, 0.05) is 30.2 Å². The monoisotopic (exact) mass is 372 g/mol. The lowest BCUT2D eigenvalue weighted by Crippen LogP contribution is -2.27. The first-order chi connectivity index (χ1) is 9.86. The summed E-state index contributed by atoms with van der Waals surface area (Å²) in [5.74, 6) is 0.717. The van der Waals surface area contributed by atoms with Crippen LogP contribution in [0.2, 0.25) is 0 Å². The molecule has 21 heavy (non-hydrogen) atoms. The maximum Gasteiger partial charge on any atom is 0.244 e.